The van der Waals surface area contributed by atoms with Crippen LogP contribution in [0.5, 0.6) is 0 Å². The number of aromatic nitrogens is 1. The summed E-state index contributed by atoms with van der Waals surface area (Å²) in [7, 11) is -3.74. The van der Waals surface area contributed by atoms with E-state index in [1.165, 1.54) is 0 Å². The molecule has 0 saturated heterocycles. The van der Waals surface area contributed by atoms with Crippen molar-refractivity contribution in [2.45, 2.75) is 32.6 Å². The molecule has 1 amide bonds. The summed E-state index contributed by atoms with van der Waals surface area (Å²) in [4.78, 5) is 17.4. The molecule has 0 aliphatic carbocycles. The molecule has 1 heterocycles. The third kappa shape index (κ3) is 5.83. The van der Waals surface area contributed by atoms with Gasteiger partial charge >= 0.3 is 0 Å². The number of nitrogens with one attached hydrogen (secondary N) is 1. The molecule has 1 aromatic heterocycles. The van der Waals surface area contributed by atoms with E-state index < -0.39 is 15.9 Å². The topological polar surface area (TPSA) is 105 Å². The number of anilines is 4. The van der Waals surface area contributed by atoms with Crippen LogP contribution in [0.15, 0.2) is 66.7 Å². The van der Waals surface area contributed by atoms with Crippen molar-refractivity contribution in [1.29, 1.82) is 0 Å². The number of para-hydroxylation sites is 1. The number of fused-ring (bicyclic) bond motifs is 2. The highest BCUT2D eigenvalue weighted by Crippen LogP contribution is 2.34. The number of unbranched alkanes of at least 4 members (excludes halogenated alkanes) is 2. The monoisotopic (exact) mass is 512 g/mol. The van der Waals surface area contributed by atoms with Gasteiger partial charge in [-0.15, -0.1) is 12.4 Å². The van der Waals surface area contributed by atoms with Gasteiger partial charge in [0.15, 0.2) is 0 Å². The van der Waals surface area contributed by atoms with Crippen LogP contribution in [0.25, 0.3) is 21.8 Å². The summed E-state index contributed by atoms with van der Waals surface area (Å²) in [5.74, 6) is -0.416. The lowest BCUT2D eigenvalue weighted by Crippen LogP contribution is -2.36. The van der Waals surface area contributed by atoms with Gasteiger partial charge in [-0.2, -0.15) is 0 Å². The molecule has 0 saturated carbocycles. The van der Waals surface area contributed by atoms with Gasteiger partial charge in [0.25, 0.3) is 0 Å². The van der Waals surface area contributed by atoms with E-state index in [0.717, 1.165) is 56.6 Å². The minimum absolute atomic E-state index is 0. The molecule has 0 aliphatic rings. The smallest absolute Gasteiger partial charge is 0.240 e. The van der Waals surface area contributed by atoms with Crippen molar-refractivity contribution in [3.8, 4) is 0 Å². The van der Waals surface area contributed by atoms with Gasteiger partial charge in [0.05, 0.1) is 28.7 Å². The molecule has 184 valence electrons. The SMILES string of the molecule is CCCCCC(=O)N(c1ccc(Nc2c3ccccc3nc3cc(N)ccc23)cc1)S(C)(=O)=O.Cl. The number of carbonyl (C=O) groups is 1. The van der Waals surface area contributed by atoms with E-state index in [-0.39, 0.29) is 18.8 Å². The lowest BCUT2D eigenvalue weighted by atomic mass is 10.1. The second kappa shape index (κ2) is 10.9. The maximum Gasteiger partial charge on any atom is 0.240 e. The average molecular weight is 513 g/mol. The van der Waals surface area contributed by atoms with Crippen LogP contribution in [0.1, 0.15) is 32.6 Å². The molecule has 0 bridgehead atoms. The Morgan fingerprint density at radius 1 is 0.971 bits per heavy atom. The Bertz CT molecular complexity index is 1460. The zero-order valence-corrected chi connectivity index (χ0v) is 21.3. The van der Waals surface area contributed by atoms with Gasteiger partial charge in [0.1, 0.15) is 0 Å². The van der Waals surface area contributed by atoms with Gasteiger partial charge in [-0.1, -0.05) is 38.0 Å². The summed E-state index contributed by atoms with van der Waals surface area (Å²) in [5.41, 5.74) is 10.2. The second-order valence-electron chi connectivity index (χ2n) is 8.33. The Hall–Kier alpha value is -3.36. The van der Waals surface area contributed by atoms with Crippen molar-refractivity contribution in [3.05, 3.63) is 66.7 Å². The Balaban J connectivity index is 0.00000342. The summed E-state index contributed by atoms with van der Waals surface area (Å²) in [6, 6.07) is 20.3. The average Bonchev–Trinajstić information content (AvgIpc) is 2.79. The number of carbonyl (C=O) groups excluding carboxylic acids is 1. The maximum atomic E-state index is 12.7. The third-order valence-electron chi connectivity index (χ3n) is 5.63. The van der Waals surface area contributed by atoms with Crippen molar-refractivity contribution in [2.75, 3.05) is 21.6 Å². The Kier molecular flexibility index (Phi) is 8.19. The van der Waals surface area contributed by atoms with Crippen molar-refractivity contribution in [3.63, 3.8) is 0 Å². The van der Waals surface area contributed by atoms with E-state index in [1.807, 2.05) is 49.4 Å². The fourth-order valence-corrected chi connectivity index (χ4v) is 4.98. The predicted octanol–water partition coefficient (Wildman–Crippen LogP) is 6.01. The molecular formula is C26H29ClN4O3S. The van der Waals surface area contributed by atoms with Crippen LogP contribution in [0.4, 0.5) is 22.7 Å². The molecule has 0 fully saturated rings. The van der Waals surface area contributed by atoms with Gasteiger partial charge in [0, 0.05) is 28.6 Å². The highest BCUT2D eigenvalue weighted by Gasteiger charge is 2.24. The molecule has 0 unspecified atom stereocenters. The zero-order chi connectivity index (χ0) is 24.3. The number of hydrogen-bond acceptors (Lipinski definition) is 6. The molecule has 0 spiro atoms. The summed E-state index contributed by atoms with van der Waals surface area (Å²) < 4.78 is 25.6. The molecule has 3 N–H and O–H groups in total. The first-order valence-corrected chi connectivity index (χ1v) is 13.1. The quantitative estimate of drug-likeness (QED) is 0.170. The van der Waals surface area contributed by atoms with E-state index in [2.05, 4.69) is 5.32 Å². The molecule has 35 heavy (non-hydrogen) atoms. The van der Waals surface area contributed by atoms with E-state index in [0.29, 0.717) is 17.8 Å². The second-order valence-corrected chi connectivity index (χ2v) is 10.2. The predicted molar refractivity (Wildman–Crippen MR) is 147 cm³/mol. The lowest BCUT2D eigenvalue weighted by molar-refractivity contribution is -0.117. The van der Waals surface area contributed by atoms with Gasteiger partial charge in [-0.3, -0.25) is 4.79 Å². The van der Waals surface area contributed by atoms with Crippen LogP contribution in [0.2, 0.25) is 0 Å². The molecule has 0 radical (unpaired) electrons. The van der Waals surface area contributed by atoms with E-state index >= 15 is 0 Å². The van der Waals surface area contributed by atoms with Gasteiger partial charge in [0.2, 0.25) is 15.9 Å². The fraction of sp³-hybridized carbons (Fsp3) is 0.231. The molecule has 3 aromatic carbocycles. The van der Waals surface area contributed by atoms with Crippen LogP contribution >= 0.6 is 12.4 Å². The number of nitrogen functional groups attached to an aromatic ring is 1. The minimum Gasteiger partial charge on any atom is -0.399 e. The normalized spacial score (nSPS) is 11.3. The Labute approximate surface area is 211 Å². The zero-order valence-electron chi connectivity index (χ0n) is 19.7. The molecule has 7 nitrogen and oxygen atoms in total. The Morgan fingerprint density at radius 3 is 2.34 bits per heavy atom. The summed E-state index contributed by atoms with van der Waals surface area (Å²) in [6.45, 7) is 2.04. The van der Waals surface area contributed by atoms with Gasteiger partial charge in [-0.05, 0) is 55.0 Å². The number of sulfonamides is 1. The minimum atomic E-state index is -3.74. The highest BCUT2D eigenvalue weighted by atomic mass is 35.5. The molecular weight excluding hydrogens is 484 g/mol. The first-order chi connectivity index (χ1) is 16.3. The van der Waals surface area contributed by atoms with Crippen LogP contribution in [0, 0.1) is 0 Å². The van der Waals surface area contributed by atoms with E-state index in [9.17, 15) is 13.2 Å². The number of rotatable bonds is 8. The van der Waals surface area contributed by atoms with Crippen molar-refractivity contribution >= 4 is 72.9 Å². The first-order valence-electron chi connectivity index (χ1n) is 11.3. The first kappa shape index (κ1) is 26.2. The van der Waals surface area contributed by atoms with Crippen molar-refractivity contribution in [2.24, 2.45) is 0 Å². The summed E-state index contributed by atoms with van der Waals surface area (Å²) >= 11 is 0. The number of nitrogens with zero attached hydrogens (tertiary/aromatic N) is 2. The number of nitrogens with two attached hydrogens (primary N) is 1. The maximum absolute atomic E-state index is 12.7. The van der Waals surface area contributed by atoms with E-state index in [1.54, 1.807) is 24.3 Å². The number of amides is 1. The molecule has 0 aliphatic heterocycles. The van der Waals surface area contributed by atoms with Crippen LogP contribution in [-0.2, 0) is 14.8 Å². The summed E-state index contributed by atoms with van der Waals surface area (Å²) in [6.07, 6.45) is 3.74. The van der Waals surface area contributed by atoms with Gasteiger partial charge < -0.3 is 11.1 Å². The highest BCUT2D eigenvalue weighted by molar-refractivity contribution is 7.92. The van der Waals surface area contributed by atoms with Crippen molar-refractivity contribution in [1.82, 2.24) is 4.98 Å². The number of hydrogen-bond donors (Lipinski definition) is 2. The lowest BCUT2D eigenvalue weighted by Gasteiger charge is -2.21. The van der Waals surface area contributed by atoms with Crippen LogP contribution in [-0.4, -0.2) is 25.6 Å². The molecule has 4 aromatic rings. The van der Waals surface area contributed by atoms with Crippen LogP contribution < -0.4 is 15.4 Å². The Morgan fingerprint density at radius 2 is 1.66 bits per heavy atom. The van der Waals surface area contributed by atoms with E-state index in [4.69, 9.17) is 10.7 Å². The van der Waals surface area contributed by atoms with Crippen molar-refractivity contribution < 1.29 is 13.2 Å². The number of benzene rings is 3. The summed E-state index contributed by atoms with van der Waals surface area (Å²) in [5, 5.41) is 5.32. The fourth-order valence-electron chi connectivity index (χ4n) is 4.02. The number of halogens is 1. The third-order valence-corrected chi connectivity index (χ3v) is 6.71. The van der Waals surface area contributed by atoms with Gasteiger partial charge in [-0.25, -0.2) is 17.7 Å². The standard InChI is InChI=1S/C26H28N4O3S.ClH/c1-3-4-5-10-25(31)30(34(2,32)33)20-14-12-19(13-15-20)28-26-21-8-6-7-9-23(21)29-24-17-18(27)11-16-22(24)26;/h6-9,11-17H,3-5,10,27H2,1-2H3,(H,28,29);1H. The van der Waals surface area contributed by atoms with Crippen LogP contribution in [0.3, 0.4) is 0 Å². The largest absolute Gasteiger partial charge is 0.399 e. The molecule has 4 rings (SSSR count). The molecule has 9 heteroatoms. The molecule has 0 atom stereocenters. The number of pyridine rings is 1.